The average Bonchev–Trinajstić information content (AvgIpc) is 2.91. The van der Waals surface area contributed by atoms with Crippen molar-refractivity contribution in [2.75, 3.05) is 0 Å². The van der Waals surface area contributed by atoms with Gasteiger partial charge in [0.2, 0.25) is 0 Å². The van der Waals surface area contributed by atoms with Gasteiger partial charge in [0.1, 0.15) is 0 Å². The summed E-state index contributed by atoms with van der Waals surface area (Å²) < 4.78 is 5.37. The Bertz CT molecular complexity index is 762. The zero-order valence-electron chi connectivity index (χ0n) is 15.2. The second-order valence-electron chi connectivity index (χ2n) is 8.23. The molecule has 0 amide bonds. The highest BCUT2D eigenvalue weighted by Crippen LogP contribution is 2.46. The van der Waals surface area contributed by atoms with E-state index >= 15 is 0 Å². The molecule has 23 heavy (non-hydrogen) atoms. The summed E-state index contributed by atoms with van der Waals surface area (Å²) in [7, 11) is 0. The number of hydrogen-bond donors (Lipinski definition) is 0. The Hall–Kier alpha value is -1.83. The second kappa shape index (κ2) is 5.36. The first-order chi connectivity index (χ1) is 10.7. The Balaban J connectivity index is 2.03. The van der Waals surface area contributed by atoms with Gasteiger partial charge in [-0.1, -0.05) is 51.1 Å². The summed E-state index contributed by atoms with van der Waals surface area (Å²) in [6.45, 7) is 13.5. The molecule has 0 N–H and O–H groups in total. The Morgan fingerprint density at radius 1 is 1.04 bits per heavy atom. The Labute approximate surface area is 139 Å². The van der Waals surface area contributed by atoms with Crippen LogP contribution in [0.3, 0.4) is 0 Å². The molecule has 0 aliphatic heterocycles. The van der Waals surface area contributed by atoms with Crippen molar-refractivity contribution in [3.8, 4) is 0 Å². The summed E-state index contributed by atoms with van der Waals surface area (Å²) >= 11 is 0. The van der Waals surface area contributed by atoms with E-state index in [2.05, 4.69) is 64.1 Å². The van der Waals surface area contributed by atoms with Gasteiger partial charge in [0, 0.05) is 6.07 Å². The molecule has 2 nitrogen and oxygen atoms in total. The molecule has 0 spiro atoms. The number of nitrogens with zero attached hydrogens (tertiary/aromatic N) is 1. The maximum absolute atomic E-state index is 5.37. The third-order valence-corrected chi connectivity index (χ3v) is 5.28. The molecule has 1 aromatic heterocycles. The normalized spacial score (nSPS) is 19.5. The van der Waals surface area contributed by atoms with Crippen molar-refractivity contribution in [3.63, 3.8) is 0 Å². The highest BCUT2D eigenvalue weighted by atomic mass is 16.5. The van der Waals surface area contributed by atoms with Crippen LogP contribution in [0.15, 0.2) is 28.8 Å². The molecule has 122 valence electrons. The van der Waals surface area contributed by atoms with Crippen LogP contribution in [-0.4, -0.2) is 5.16 Å². The molecule has 1 aliphatic carbocycles. The van der Waals surface area contributed by atoms with Gasteiger partial charge in [-0.3, -0.25) is 0 Å². The van der Waals surface area contributed by atoms with E-state index in [4.69, 9.17) is 4.52 Å². The molecule has 0 bridgehead atoms. The molecule has 1 aromatic carbocycles. The number of aromatic nitrogens is 1. The van der Waals surface area contributed by atoms with Gasteiger partial charge >= 0.3 is 0 Å². The number of allylic oxidation sites excluding steroid dienone is 1. The molecule has 0 fully saturated rings. The molecule has 1 aliphatic rings. The van der Waals surface area contributed by atoms with Gasteiger partial charge in [0.05, 0.1) is 5.69 Å². The molecule has 3 rings (SSSR count). The van der Waals surface area contributed by atoms with E-state index in [1.807, 2.05) is 13.0 Å². The first-order valence-corrected chi connectivity index (χ1v) is 8.46. The summed E-state index contributed by atoms with van der Waals surface area (Å²) in [5, 5.41) is 3.98. The summed E-state index contributed by atoms with van der Waals surface area (Å²) in [6.07, 6.45) is 4.68. The maximum atomic E-state index is 5.37. The van der Waals surface area contributed by atoms with E-state index < -0.39 is 0 Å². The predicted octanol–water partition coefficient (Wildman–Crippen LogP) is 5.89. The van der Waals surface area contributed by atoms with E-state index in [-0.39, 0.29) is 10.8 Å². The first kappa shape index (κ1) is 16.0. The fraction of sp³-hybridized carbons (Fsp3) is 0.476. The second-order valence-corrected chi connectivity index (χ2v) is 8.23. The van der Waals surface area contributed by atoms with Crippen molar-refractivity contribution < 1.29 is 4.52 Å². The van der Waals surface area contributed by atoms with E-state index in [0.29, 0.717) is 0 Å². The van der Waals surface area contributed by atoms with Gasteiger partial charge in [0.15, 0.2) is 5.76 Å². The van der Waals surface area contributed by atoms with E-state index in [9.17, 15) is 0 Å². The molecule has 0 saturated carbocycles. The van der Waals surface area contributed by atoms with Crippen LogP contribution in [0.2, 0.25) is 0 Å². The number of aryl methyl sites for hydroxylation is 1. The Morgan fingerprint density at radius 3 is 2.30 bits per heavy atom. The predicted molar refractivity (Wildman–Crippen MR) is 96.5 cm³/mol. The fourth-order valence-electron chi connectivity index (χ4n) is 3.57. The Morgan fingerprint density at radius 2 is 1.70 bits per heavy atom. The van der Waals surface area contributed by atoms with Crippen LogP contribution in [0, 0.1) is 6.92 Å². The molecule has 0 saturated heterocycles. The van der Waals surface area contributed by atoms with Crippen LogP contribution in [0.4, 0.5) is 0 Å². The van der Waals surface area contributed by atoms with Gasteiger partial charge in [-0.25, -0.2) is 0 Å². The number of rotatable bonds is 2. The summed E-state index contributed by atoms with van der Waals surface area (Å²) in [6, 6.07) is 8.90. The Kier molecular flexibility index (Phi) is 3.74. The van der Waals surface area contributed by atoms with Gasteiger partial charge in [-0.05, 0) is 65.9 Å². The molecule has 0 unspecified atom stereocenters. The van der Waals surface area contributed by atoms with Gasteiger partial charge in [0.25, 0.3) is 0 Å². The smallest absolute Gasteiger partial charge is 0.162 e. The lowest BCUT2D eigenvalue weighted by atomic mass is 9.63. The van der Waals surface area contributed by atoms with Gasteiger partial charge < -0.3 is 4.52 Å². The van der Waals surface area contributed by atoms with Crippen LogP contribution >= 0.6 is 0 Å². The molecular formula is C21H27NO. The first-order valence-electron chi connectivity index (χ1n) is 8.46. The summed E-state index contributed by atoms with van der Waals surface area (Å²) in [5.41, 5.74) is 6.76. The topological polar surface area (TPSA) is 26.0 Å². The lowest BCUT2D eigenvalue weighted by Crippen LogP contribution is -2.33. The van der Waals surface area contributed by atoms with Crippen LogP contribution in [-0.2, 0) is 10.8 Å². The third kappa shape index (κ3) is 2.99. The molecular weight excluding hydrogens is 282 g/mol. The molecule has 1 heterocycles. The van der Waals surface area contributed by atoms with E-state index in [0.717, 1.165) is 17.0 Å². The van der Waals surface area contributed by atoms with Crippen LogP contribution in [0.5, 0.6) is 0 Å². The largest absolute Gasteiger partial charge is 0.356 e. The molecule has 0 atom stereocenters. The zero-order chi connectivity index (χ0) is 16.8. The van der Waals surface area contributed by atoms with Gasteiger partial charge in [-0.2, -0.15) is 0 Å². The SMILES string of the molecule is C/C(=C/c1ccc2c(c1)C(C)(C)CCC2(C)C)c1cc(C)no1. The monoisotopic (exact) mass is 309 g/mol. The standard InChI is InChI=1S/C21H27NO/c1-14(19-12-15(2)22-23-19)11-16-7-8-17-18(13-16)21(5,6)10-9-20(17,3)4/h7-8,11-13H,9-10H2,1-6H3/b14-11-. The van der Waals surface area contributed by atoms with Crippen LogP contribution in [0.25, 0.3) is 11.6 Å². The highest BCUT2D eigenvalue weighted by Gasteiger charge is 2.36. The minimum absolute atomic E-state index is 0.242. The third-order valence-electron chi connectivity index (χ3n) is 5.28. The molecule has 0 radical (unpaired) electrons. The van der Waals surface area contributed by atoms with Crippen LogP contribution < -0.4 is 0 Å². The number of hydrogen-bond acceptors (Lipinski definition) is 2. The number of fused-ring (bicyclic) bond motifs is 1. The van der Waals surface area contributed by atoms with E-state index in [1.165, 1.54) is 29.5 Å². The van der Waals surface area contributed by atoms with Crippen molar-refractivity contribution in [1.29, 1.82) is 0 Å². The average molecular weight is 309 g/mol. The lowest BCUT2D eigenvalue weighted by molar-refractivity contribution is 0.332. The summed E-state index contributed by atoms with van der Waals surface area (Å²) in [4.78, 5) is 0. The van der Waals surface area contributed by atoms with Crippen molar-refractivity contribution in [1.82, 2.24) is 5.16 Å². The minimum Gasteiger partial charge on any atom is -0.356 e. The highest BCUT2D eigenvalue weighted by molar-refractivity contribution is 5.78. The van der Waals surface area contributed by atoms with E-state index in [1.54, 1.807) is 0 Å². The minimum atomic E-state index is 0.242. The fourth-order valence-corrected chi connectivity index (χ4v) is 3.57. The number of benzene rings is 1. The zero-order valence-corrected chi connectivity index (χ0v) is 15.2. The summed E-state index contributed by atoms with van der Waals surface area (Å²) in [5.74, 6) is 0.847. The van der Waals surface area contributed by atoms with Crippen molar-refractivity contribution in [2.45, 2.75) is 65.2 Å². The van der Waals surface area contributed by atoms with Crippen LogP contribution in [0.1, 0.15) is 75.6 Å². The van der Waals surface area contributed by atoms with Crippen molar-refractivity contribution >= 4 is 11.6 Å². The quantitative estimate of drug-likeness (QED) is 0.691. The molecule has 2 heteroatoms. The van der Waals surface area contributed by atoms with Crippen molar-refractivity contribution in [3.05, 3.63) is 52.4 Å². The maximum Gasteiger partial charge on any atom is 0.162 e. The van der Waals surface area contributed by atoms with Crippen molar-refractivity contribution in [2.24, 2.45) is 0 Å². The van der Waals surface area contributed by atoms with Gasteiger partial charge in [-0.15, -0.1) is 0 Å². The molecule has 2 aromatic rings. The lowest BCUT2D eigenvalue weighted by Gasteiger charge is -2.42.